The molecular formula is C20H32OS. The first-order chi connectivity index (χ1) is 10.8. The van der Waals surface area contributed by atoms with E-state index in [4.69, 9.17) is 0 Å². The van der Waals surface area contributed by atoms with Crippen LogP contribution < -0.4 is 0 Å². The van der Waals surface area contributed by atoms with Crippen molar-refractivity contribution >= 4 is 16.9 Å². The normalized spacial score (nSPS) is 10.8. The van der Waals surface area contributed by atoms with Gasteiger partial charge in [-0.3, -0.25) is 4.79 Å². The Morgan fingerprint density at radius 3 is 2.18 bits per heavy atom. The van der Waals surface area contributed by atoms with Crippen molar-refractivity contribution in [1.29, 1.82) is 0 Å². The van der Waals surface area contributed by atoms with Crippen molar-refractivity contribution in [3.05, 3.63) is 35.9 Å². The second-order valence-electron chi connectivity index (χ2n) is 6.03. The highest BCUT2D eigenvalue weighted by Crippen LogP contribution is 2.14. The summed E-state index contributed by atoms with van der Waals surface area (Å²) < 4.78 is 0. The zero-order chi connectivity index (χ0) is 15.9. The van der Waals surface area contributed by atoms with Crippen LogP contribution in [0.15, 0.2) is 30.3 Å². The highest BCUT2D eigenvalue weighted by atomic mass is 32.2. The molecule has 0 heterocycles. The van der Waals surface area contributed by atoms with Gasteiger partial charge in [0.15, 0.2) is 5.12 Å². The zero-order valence-corrected chi connectivity index (χ0v) is 15.0. The Morgan fingerprint density at radius 1 is 0.864 bits per heavy atom. The molecule has 0 radical (unpaired) electrons. The number of hydrogen-bond donors (Lipinski definition) is 0. The quantitative estimate of drug-likeness (QED) is 0.391. The summed E-state index contributed by atoms with van der Waals surface area (Å²) in [6.07, 6.45) is 13.4. The van der Waals surface area contributed by atoms with Gasteiger partial charge in [0.1, 0.15) is 0 Å². The van der Waals surface area contributed by atoms with Gasteiger partial charge in [-0.25, -0.2) is 0 Å². The van der Waals surface area contributed by atoms with Gasteiger partial charge in [-0.1, -0.05) is 94.0 Å². The number of carbonyl (C=O) groups excluding carboxylic acids is 1. The maximum Gasteiger partial charge on any atom is 0.188 e. The van der Waals surface area contributed by atoms with Crippen LogP contribution in [0.1, 0.15) is 76.7 Å². The van der Waals surface area contributed by atoms with E-state index in [9.17, 15) is 4.79 Å². The first kappa shape index (κ1) is 19.3. The van der Waals surface area contributed by atoms with E-state index in [0.717, 1.165) is 25.0 Å². The van der Waals surface area contributed by atoms with Gasteiger partial charge >= 0.3 is 0 Å². The van der Waals surface area contributed by atoms with Crippen molar-refractivity contribution in [3.63, 3.8) is 0 Å². The van der Waals surface area contributed by atoms with E-state index in [1.165, 1.54) is 56.9 Å². The Kier molecular flexibility index (Phi) is 12.2. The number of benzene rings is 1. The lowest BCUT2D eigenvalue weighted by Crippen LogP contribution is -1.95. The Bertz CT molecular complexity index is 375. The van der Waals surface area contributed by atoms with Crippen LogP contribution in [0.3, 0.4) is 0 Å². The number of rotatable bonds is 13. The van der Waals surface area contributed by atoms with E-state index in [0.29, 0.717) is 5.12 Å². The monoisotopic (exact) mass is 320 g/mol. The third-order valence-corrected chi connectivity index (χ3v) is 4.97. The summed E-state index contributed by atoms with van der Waals surface area (Å²) in [5.41, 5.74) is 1.34. The largest absolute Gasteiger partial charge is 0.287 e. The van der Waals surface area contributed by atoms with Crippen LogP contribution in [-0.2, 0) is 11.2 Å². The van der Waals surface area contributed by atoms with Crippen LogP contribution in [0.5, 0.6) is 0 Å². The summed E-state index contributed by atoms with van der Waals surface area (Å²) in [5.74, 6) is 1.01. The average Bonchev–Trinajstić information content (AvgIpc) is 2.54. The number of thioether (sulfide) groups is 1. The Labute approximate surface area is 141 Å². The van der Waals surface area contributed by atoms with Crippen LogP contribution in [0.4, 0.5) is 0 Å². The highest BCUT2D eigenvalue weighted by molar-refractivity contribution is 8.13. The number of unbranched alkanes of at least 4 members (excludes halogenated alkanes) is 7. The number of carbonyl (C=O) groups is 1. The van der Waals surface area contributed by atoms with Gasteiger partial charge < -0.3 is 0 Å². The van der Waals surface area contributed by atoms with Crippen molar-refractivity contribution in [3.8, 4) is 0 Å². The average molecular weight is 321 g/mol. The molecule has 0 aromatic heterocycles. The van der Waals surface area contributed by atoms with Gasteiger partial charge in [0, 0.05) is 12.2 Å². The minimum atomic E-state index is 0.374. The van der Waals surface area contributed by atoms with Crippen LogP contribution in [-0.4, -0.2) is 10.9 Å². The first-order valence-electron chi connectivity index (χ1n) is 9.02. The fourth-order valence-electron chi connectivity index (χ4n) is 2.58. The molecule has 0 unspecified atom stereocenters. The third kappa shape index (κ3) is 10.9. The van der Waals surface area contributed by atoms with Crippen molar-refractivity contribution in [1.82, 2.24) is 0 Å². The highest BCUT2D eigenvalue weighted by Gasteiger charge is 2.03. The van der Waals surface area contributed by atoms with Gasteiger partial charge in [0.25, 0.3) is 0 Å². The molecule has 1 aromatic carbocycles. The molecule has 0 N–H and O–H groups in total. The summed E-state index contributed by atoms with van der Waals surface area (Å²) in [5, 5.41) is 0.374. The molecule has 0 aliphatic heterocycles. The molecule has 0 bridgehead atoms. The van der Waals surface area contributed by atoms with E-state index < -0.39 is 0 Å². The topological polar surface area (TPSA) is 17.1 Å². The molecule has 1 aromatic rings. The summed E-state index contributed by atoms with van der Waals surface area (Å²) in [4.78, 5) is 11.8. The predicted octanol–water partition coefficient (Wildman–Crippen LogP) is 6.41. The van der Waals surface area contributed by atoms with Crippen LogP contribution in [0.25, 0.3) is 0 Å². The molecule has 1 nitrogen and oxygen atoms in total. The molecule has 0 fully saturated rings. The summed E-state index contributed by atoms with van der Waals surface area (Å²) >= 11 is 1.54. The molecule has 22 heavy (non-hydrogen) atoms. The van der Waals surface area contributed by atoms with Crippen LogP contribution >= 0.6 is 11.8 Å². The molecule has 0 spiro atoms. The lowest BCUT2D eigenvalue weighted by atomic mass is 10.1. The van der Waals surface area contributed by atoms with Gasteiger partial charge in [-0.15, -0.1) is 0 Å². The molecule has 2 heteroatoms. The summed E-state index contributed by atoms with van der Waals surface area (Å²) in [7, 11) is 0. The van der Waals surface area contributed by atoms with Gasteiger partial charge in [-0.05, 0) is 24.8 Å². The summed E-state index contributed by atoms with van der Waals surface area (Å²) in [6, 6.07) is 10.4. The van der Waals surface area contributed by atoms with Crippen molar-refractivity contribution in [2.45, 2.75) is 77.6 Å². The van der Waals surface area contributed by atoms with Crippen molar-refractivity contribution in [2.24, 2.45) is 0 Å². The van der Waals surface area contributed by atoms with E-state index >= 15 is 0 Å². The Morgan fingerprint density at radius 2 is 1.50 bits per heavy atom. The van der Waals surface area contributed by atoms with E-state index in [-0.39, 0.29) is 0 Å². The maximum atomic E-state index is 11.8. The molecule has 0 atom stereocenters. The standard InChI is InChI=1S/C20H32OS/c1-2-3-4-5-6-7-8-12-18-22-20(21)17-13-16-19-14-10-9-11-15-19/h9-11,14-15H,2-8,12-13,16-18H2,1H3. The molecule has 0 aliphatic carbocycles. The zero-order valence-electron chi connectivity index (χ0n) is 14.2. The molecule has 0 saturated carbocycles. The SMILES string of the molecule is CCCCCCCCCCSC(=O)CCCc1ccccc1. The minimum Gasteiger partial charge on any atom is -0.287 e. The maximum absolute atomic E-state index is 11.8. The smallest absolute Gasteiger partial charge is 0.188 e. The van der Waals surface area contributed by atoms with Gasteiger partial charge in [-0.2, -0.15) is 0 Å². The van der Waals surface area contributed by atoms with Gasteiger partial charge in [0.2, 0.25) is 0 Å². The molecule has 1 rings (SSSR count). The fourth-order valence-corrected chi connectivity index (χ4v) is 3.44. The predicted molar refractivity (Wildman–Crippen MR) is 99.5 cm³/mol. The van der Waals surface area contributed by atoms with Crippen molar-refractivity contribution < 1.29 is 4.79 Å². The number of hydrogen-bond acceptors (Lipinski definition) is 2. The molecule has 0 saturated heterocycles. The Hall–Kier alpha value is -0.760. The van der Waals surface area contributed by atoms with E-state index in [1.807, 2.05) is 6.07 Å². The molecule has 124 valence electrons. The fraction of sp³-hybridized carbons (Fsp3) is 0.650. The minimum absolute atomic E-state index is 0.374. The number of aryl methyl sites for hydroxylation is 1. The second kappa shape index (κ2) is 13.9. The second-order valence-corrected chi connectivity index (χ2v) is 7.19. The van der Waals surface area contributed by atoms with Crippen molar-refractivity contribution in [2.75, 3.05) is 5.75 Å². The van der Waals surface area contributed by atoms with Crippen LogP contribution in [0, 0.1) is 0 Å². The van der Waals surface area contributed by atoms with E-state index in [2.05, 4.69) is 31.2 Å². The Balaban J connectivity index is 1.87. The molecule has 0 aliphatic rings. The van der Waals surface area contributed by atoms with Gasteiger partial charge in [0.05, 0.1) is 0 Å². The lowest BCUT2D eigenvalue weighted by molar-refractivity contribution is -0.111. The third-order valence-electron chi connectivity index (χ3n) is 3.95. The molecule has 0 amide bonds. The first-order valence-corrected chi connectivity index (χ1v) is 10.0. The van der Waals surface area contributed by atoms with E-state index in [1.54, 1.807) is 11.8 Å². The molecular weight excluding hydrogens is 288 g/mol. The summed E-state index contributed by atoms with van der Waals surface area (Å²) in [6.45, 7) is 2.26. The van der Waals surface area contributed by atoms with Crippen LogP contribution in [0.2, 0.25) is 0 Å². The lowest BCUT2D eigenvalue weighted by Gasteiger charge is -2.03.